The highest BCUT2D eigenvalue weighted by Gasteiger charge is 2.44. The van der Waals surface area contributed by atoms with E-state index in [1.807, 2.05) is 61.5 Å². The number of aryl methyl sites for hydroxylation is 1. The highest BCUT2D eigenvalue weighted by atomic mass is 35.5. The molecule has 29 heavy (non-hydrogen) atoms. The summed E-state index contributed by atoms with van der Waals surface area (Å²) < 4.78 is 17.6. The van der Waals surface area contributed by atoms with Gasteiger partial charge in [0.25, 0.3) is 4.59 Å². The summed E-state index contributed by atoms with van der Waals surface area (Å²) >= 11 is 13.1. The third kappa shape index (κ3) is 7.36. The molecule has 0 aliphatic heterocycles. The molecular weight excluding hydrogens is 430 g/mol. The summed E-state index contributed by atoms with van der Waals surface area (Å²) in [5.41, 5.74) is 1.89. The molecule has 0 bridgehead atoms. The van der Waals surface area contributed by atoms with Crippen LogP contribution in [0.4, 0.5) is 4.39 Å². The number of esters is 1. The molecule has 156 valence electrons. The Hall–Kier alpha value is -1.49. The Morgan fingerprint density at radius 2 is 1.83 bits per heavy atom. The minimum Gasteiger partial charge on any atom is -0.454 e. The van der Waals surface area contributed by atoms with Crippen molar-refractivity contribution < 1.29 is 13.9 Å². The normalized spacial score (nSPS) is 14.7. The third-order valence-corrected chi connectivity index (χ3v) is 6.28. The molecule has 2 rings (SSSR count). The summed E-state index contributed by atoms with van der Waals surface area (Å²) in [4.78, 5) is 13.7. The largest absolute Gasteiger partial charge is 0.454 e. The van der Waals surface area contributed by atoms with Crippen LogP contribution in [0.5, 0.6) is 0 Å². The first-order valence-electron chi connectivity index (χ1n) is 9.38. The first-order valence-corrected chi connectivity index (χ1v) is 11.0. The van der Waals surface area contributed by atoms with Crippen LogP contribution >= 0.6 is 35.0 Å². The van der Waals surface area contributed by atoms with Crippen molar-refractivity contribution in [2.24, 2.45) is 0 Å². The monoisotopic (exact) mass is 454 g/mol. The molecule has 2 nitrogen and oxygen atoms in total. The van der Waals surface area contributed by atoms with Crippen molar-refractivity contribution in [3.05, 3.63) is 78.4 Å². The maximum Gasteiger partial charge on any atom is 0.313 e. The summed E-state index contributed by atoms with van der Waals surface area (Å²) in [6.45, 7) is 7.43. The topological polar surface area (TPSA) is 26.3 Å². The fourth-order valence-electron chi connectivity index (χ4n) is 2.80. The Balaban J connectivity index is 2.24. The SMILES string of the molecule is C=CCC[C@H](Sc1ccc(C)cc1)[C@H](OC(=O)[C@@H](C)c1ccccc1)C(F)(Cl)Cl. The number of ether oxygens (including phenoxy) is 1. The van der Waals surface area contributed by atoms with Gasteiger partial charge in [-0.3, -0.25) is 4.79 Å². The van der Waals surface area contributed by atoms with Crippen LogP contribution in [0.3, 0.4) is 0 Å². The Morgan fingerprint density at radius 3 is 2.38 bits per heavy atom. The molecule has 0 heterocycles. The number of carbonyl (C=O) groups is 1. The molecule has 0 aliphatic rings. The predicted molar refractivity (Wildman–Crippen MR) is 121 cm³/mol. The lowest BCUT2D eigenvalue weighted by molar-refractivity contribution is -0.153. The van der Waals surface area contributed by atoms with Crippen LogP contribution in [-0.2, 0) is 9.53 Å². The summed E-state index contributed by atoms with van der Waals surface area (Å²) in [6.07, 6.45) is 1.51. The third-order valence-electron chi connectivity index (χ3n) is 4.52. The molecule has 6 heteroatoms. The molecule has 0 radical (unpaired) electrons. The number of allylic oxidation sites excluding steroid dienone is 1. The fourth-order valence-corrected chi connectivity index (χ4v) is 4.61. The van der Waals surface area contributed by atoms with Gasteiger partial charge >= 0.3 is 5.97 Å². The zero-order valence-corrected chi connectivity index (χ0v) is 18.8. The quantitative estimate of drug-likeness (QED) is 0.164. The molecule has 0 saturated carbocycles. The van der Waals surface area contributed by atoms with Crippen LogP contribution in [0, 0.1) is 6.92 Å². The van der Waals surface area contributed by atoms with E-state index in [4.69, 9.17) is 27.9 Å². The van der Waals surface area contributed by atoms with Crippen molar-refractivity contribution in [1.29, 1.82) is 0 Å². The van der Waals surface area contributed by atoms with E-state index in [0.29, 0.717) is 12.8 Å². The second kappa shape index (κ2) is 11.1. The van der Waals surface area contributed by atoms with Gasteiger partial charge in [-0.15, -0.1) is 18.3 Å². The van der Waals surface area contributed by atoms with Gasteiger partial charge in [-0.1, -0.05) is 77.3 Å². The summed E-state index contributed by atoms with van der Waals surface area (Å²) in [5.74, 6) is -1.14. The van der Waals surface area contributed by atoms with E-state index in [0.717, 1.165) is 16.0 Å². The van der Waals surface area contributed by atoms with Crippen molar-refractivity contribution in [3.63, 3.8) is 0 Å². The second-order valence-corrected chi connectivity index (χ2v) is 9.47. The Labute approximate surface area is 186 Å². The lowest BCUT2D eigenvalue weighted by atomic mass is 10.0. The van der Waals surface area contributed by atoms with Crippen LogP contribution < -0.4 is 0 Å². The molecule has 3 atom stereocenters. The number of hydrogen-bond donors (Lipinski definition) is 0. The smallest absolute Gasteiger partial charge is 0.313 e. The van der Waals surface area contributed by atoms with Crippen LogP contribution in [0.2, 0.25) is 0 Å². The van der Waals surface area contributed by atoms with Crippen molar-refractivity contribution in [2.45, 2.75) is 53.4 Å². The van der Waals surface area contributed by atoms with Crippen molar-refractivity contribution in [3.8, 4) is 0 Å². The van der Waals surface area contributed by atoms with Crippen LogP contribution in [0.25, 0.3) is 0 Å². The number of carbonyl (C=O) groups excluding carboxylic acids is 1. The predicted octanol–water partition coefficient (Wildman–Crippen LogP) is 7.24. The van der Waals surface area contributed by atoms with Gasteiger partial charge in [0.1, 0.15) is 0 Å². The van der Waals surface area contributed by atoms with E-state index in [-0.39, 0.29) is 0 Å². The maximum absolute atomic E-state index is 14.7. The van der Waals surface area contributed by atoms with Gasteiger partial charge in [0, 0.05) is 4.90 Å². The van der Waals surface area contributed by atoms with Gasteiger partial charge in [0.05, 0.1) is 11.2 Å². The number of alkyl halides is 3. The maximum atomic E-state index is 14.7. The first-order chi connectivity index (χ1) is 13.7. The van der Waals surface area contributed by atoms with Gasteiger partial charge in [-0.2, -0.15) is 0 Å². The van der Waals surface area contributed by atoms with Gasteiger partial charge in [-0.25, -0.2) is 4.39 Å². The van der Waals surface area contributed by atoms with Crippen LogP contribution in [0.1, 0.15) is 36.8 Å². The molecule has 0 amide bonds. The zero-order valence-electron chi connectivity index (χ0n) is 16.5. The van der Waals surface area contributed by atoms with Gasteiger partial charge in [0.15, 0.2) is 6.10 Å². The number of rotatable bonds is 10. The van der Waals surface area contributed by atoms with Crippen molar-refractivity contribution in [1.82, 2.24) is 0 Å². The second-order valence-electron chi connectivity index (χ2n) is 6.87. The zero-order chi connectivity index (χ0) is 21.4. The molecule has 0 fully saturated rings. The summed E-state index contributed by atoms with van der Waals surface area (Å²) in [6, 6.07) is 17.0. The Kier molecular flexibility index (Phi) is 9.06. The van der Waals surface area contributed by atoms with Gasteiger partial charge in [0.2, 0.25) is 0 Å². The minimum absolute atomic E-state index is 0.484. The molecule has 0 aliphatic carbocycles. The number of thioether (sulfide) groups is 1. The highest BCUT2D eigenvalue weighted by molar-refractivity contribution is 8.00. The average Bonchev–Trinajstić information content (AvgIpc) is 2.70. The number of benzene rings is 2. The van der Waals surface area contributed by atoms with E-state index in [2.05, 4.69) is 6.58 Å². The highest BCUT2D eigenvalue weighted by Crippen LogP contribution is 2.40. The number of halogens is 3. The molecule has 0 aromatic heterocycles. The minimum atomic E-state index is -2.73. The van der Waals surface area contributed by atoms with Crippen LogP contribution in [-0.4, -0.2) is 21.9 Å². The van der Waals surface area contributed by atoms with Crippen molar-refractivity contribution in [2.75, 3.05) is 0 Å². The summed E-state index contributed by atoms with van der Waals surface area (Å²) in [7, 11) is 0. The standard InChI is InChI=1S/C23H25Cl2FO2S/c1-4-5-11-20(29-19-14-12-16(2)13-15-19)21(23(24,25)26)28-22(27)17(3)18-9-7-6-8-10-18/h4,6-10,12-15,17,20-21H,1,5,11H2,2-3H3/t17-,20-,21-/m0/s1. The molecule has 2 aromatic carbocycles. The van der Waals surface area contributed by atoms with Gasteiger partial charge < -0.3 is 4.74 Å². The fraction of sp³-hybridized carbons (Fsp3) is 0.348. The lowest BCUT2D eigenvalue weighted by Crippen LogP contribution is -2.41. The van der Waals surface area contributed by atoms with Gasteiger partial charge in [-0.05, 0) is 44.4 Å². The molecule has 0 saturated heterocycles. The lowest BCUT2D eigenvalue weighted by Gasteiger charge is -2.31. The number of hydrogen-bond acceptors (Lipinski definition) is 3. The van der Waals surface area contributed by atoms with E-state index in [1.165, 1.54) is 11.8 Å². The molecule has 0 unspecified atom stereocenters. The molecule has 0 spiro atoms. The van der Waals surface area contributed by atoms with E-state index in [9.17, 15) is 9.18 Å². The molecular formula is C23H25Cl2FO2S. The molecule has 2 aromatic rings. The van der Waals surface area contributed by atoms with E-state index in [1.54, 1.807) is 13.0 Å². The average molecular weight is 455 g/mol. The van der Waals surface area contributed by atoms with E-state index >= 15 is 0 Å². The van der Waals surface area contributed by atoms with E-state index < -0.39 is 27.8 Å². The Bertz CT molecular complexity index is 791. The first kappa shape index (κ1) is 23.8. The van der Waals surface area contributed by atoms with Crippen LogP contribution in [0.15, 0.2) is 72.1 Å². The Morgan fingerprint density at radius 1 is 1.21 bits per heavy atom. The van der Waals surface area contributed by atoms with Crippen molar-refractivity contribution >= 4 is 40.9 Å². The summed E-state index contributed by atoms with van der Waals surface area (Å²) in [5, 5.41) is -0.484. The molecule has 0 N–H and O–H groups in total.